The lowest BCUT2D eigenvalue weighted by atomic mass is 9.89. The standard InChI is InChI=1S/C21H29N3O2/c1-15(23-24-21(26)17-8-3-2-4-9-17)18-12-7-13-19(14-18)22-20(25)16-10-5-6-11-16/h7,12-14,16-17H,2-6,8-11H2,1H3,(H,22,25)(H,24,26)/b23-15+. The van der Waals surface area contributed by atoms with Gasteiger partial charge in [0.05, 0.1) is 5.71 Å². The number of benzene rings is 1. The van der Waals surface area contributed by atoms with Gasteiger partial charge in [0.2, 0.25) is 11.8 Å². The minimum atomic E-state index is 0.0229. The van der Waals surface area contributed by atoms with Gasteiger partial charge in [-0.15, -0.1) is 0 Å². The van der Waals surface area contributed by atoms with Crippen LogP contribution in [0.2, 0.25) is 0 Å². The highest BCUT2D eigenvalue weighted by Gasteiger charge is 2.23. The molecule has 0 unspecified atom stereocenters. The van der Waals surface area contributed by atoms with Crippen LogP contribution < -0.4 is 10.7 Å². The first-order chi connectivity index (χ1) is 12.6. The molecule has 0 spiro atoms. The molecule has 2 aliphatic carbocycles. The van der Waals surface area contributed by atoms with Gasteiger partial charge in [0.15, 0.2) is 0 Å². The monoisotopic (exact) mass is 355 g/mol. The first-order valence-electron chi connectivity index (χ1n) is 9.89. The second-order valence-corrected chi connectivity index (χ2v) is 7.56. The molecule has 5 nitrogen and oxygen atoms in total. The zero-order chi connectivity index (χ0) is 18.4. The van der Waals surface area contributed by atoms with Crippen molar-refractivity contribution in [1.29, 1.82) is 0 Å². The number of nitrogens with one attached hydrogen (secondary N) is 2. The highest BCUT2D eigenvalue weighted by molar-refractivity contribution is 6.01. The Balaban J connectivity index is 1.59. The third kappa shape index (κ3) is 4.93. The normalized spacial score (nSPS) is 19.3. The molecule has 2 amide bonds. The number of hydrazone groups is 1. The van der Waals surface area contributed by atoms with Crippen LogP contribution in [0.3, 0.4) is 0 Å². The minimum Gasteiger partial charge on any atom is -0.326 e. The first kappa shape index (κ1) is 18.6. The van der Waals surface area contributed by atoms with E-state index in [2.05, 4.69) is 15.8 Å². The summed E-state index contributed by atoms with van der Waals surface area (Å²) in [5, 5.41) is 7.29. The smallest absolute Gasteiger partial charge is 0.243 e. The average Bonchev–Trinajstić information content (AvgIpc) is 3.22. The highest BCUT2D eigenvalue weighted by atomic mass is 16.2. The Labute approximate surface area is 155 Å². The molecule has 140 valence electrons. The number of carbonyl (C=O) groups is 2. The van der Waals surface area contributed by atoms with E-state index in [4.69, 9.17) is 0 Å². The summed E-state index contributed by atoms with van der Waals surface area (Å²) in [5.74, 6) is 0.370. The number of anilines is 1. The van der Waals surface area contributed by atoms with Gasteiger partial charge in [-0.05, 0) is 50.3 Å². The van der Waals surface area contributed by atoms with Crippen molar-refractivity contribution in [3.63, 3.8) is 0 Å². The van der Waals surface area contributed by atoms with Crippen molar-refractivity contribution in [3.05, 3.63) is 29.8 Å². The molecular formula is C21H29N3O2. The first-order valence-corrected chi connectivity index (χ1v) is 9.89. The third-order valence-corrected chi connectivity index (χ3v) is 5.58. The van der Waals surface area contributed by atoms with Gasteiger partial charge in [0, 0.05) is 17.5 Å². The SMILES string of the molecule is C/C(=N\NC(=O)C1CCCCC1)c1cccc(NC(=O)C2CCCC2)c1. The van der Waals surface area contributed by atoms with Crippen LogP contribution in [0.5, 0.6) is 0 Å². The van der Waals surface area contributed by atoms with Gasteiger partial charge in [-0.1, -0.05) is 44.2 Å². The number of hydrogen-bond donors (Lipinski definition) is 2. The largest absolute Gasteiger partial charge is 0.326 e. The fourth-order valence-corrected chi connectivity index (χ4v) is 3.91. The summed E-state index contributed by atoms with van der Waals surface area (Å²) in [6, 6.07) is 7.65. The molecular weight excluding hydrogens is 326 g/mol. The maximum Gasteiger partial charge on any atom is 0.243 e. The molecule has 0 saturated heterocycles. The van der Waals surface area contributed by atoms with E-state index in [1.165, 1.54) is 6.42 Å². The van der Waals surface area contributed by atoms with Crippen molar-refractivity contribution in [1.82, 2.24) is 5.43 Å². The summed E-state index contributed by atoms with van der Waals surface area (Å²) in [6.45, 7) is 1.87. The summed E-state index contributed by atoms with van der Waals surface area (Å²) >= 11 is 0. The van der Waals surface area contributed by atoms with Gasteiger partial charge < -0.3 is 5.32 Å². The van der Waals surface area contributed by atoms with E-state index in [-0.39, 0.29) is 23.7 Å². The molecule has 2 N–H and O–H groups in total. The molecule has 3 rings (SSSR count). The zero-order valence-corrected chi connectivity index (χ0v) is 15.6. The van der Waals surface area contributed by atoms with Gasteiger partial charge >= 0.3 is 0 Å². The topological polar surface area (TPSA) is 70.6 Å². The van der Waals surface area contributed by atoms with Gasteiger partial charge in [0.25, 0.3) is 0 Å². The molecule has 0 radical (unpaired) electrons. The van der Waals surface area contributed by atoms with Crippen molar-refractivity contribution < 1.29 is 9.59 Å². The van der Waals surface area contributed by atoms with Crippen LogP contribution in [0.1, 0.15) is 70.3 Å². The Bertz CT molecular complexity index is 672. The molecule has 0 atom stereocenters. The Morgan fingerprint density at radius 2 is 1.54 bits per heavy atom. The van der Waals surface area contributed by atoms with E-state index in [0.717, 1.165) is 68.3 Å². The molecule has 0 bridgehead atoms. The second kappa shape index (κ2) is 8.97. The van der Waals surface area contributed by atoms with E-state index in [1.54, 1.807) is 0 Å². The Morgan fingerprint density at radius 3 is 2.23 bits per heavy atom. The van der Waals surface area contributed by atoms with Gasteiger partial charge in [-0.2, -0.15) is 5.10 Å². The number of amides is 2. The van der Waals surface area contributed by atoms with E-state index < -0.39 is 0 Å². The van der Waals surface area contributed by atoms with Crippen molar-refractivity contribution in [2.45, 2.75) is 64.7 Å². The van der Waals surface area contributed by atoms with Crippen LogP contribution in [-0.4, -0.2) is 17.5 Å². The van der Waals surface area contributed by atoms with Crippen LogP contribution in [-0.2, 0) is 9.59 Å². The van der Waals surface area contributed by atoms with Gasteiger partial charge in [-0.3, -0.25) is 9.59 Å². The average molecular weight is 355 g/mol. The van der Waals surface area contributed by atoms with Crippen molar-refractivity contribution >= 4 is 23.2 Å². The quantitative estimate of drug-likeness (QED) is 0.613. The Morgan fingerprint density at radius 1 is 0.923 bits per heavy atom. The summed E-state index contributed by atoms with van der Waals surface area (Å²) in [7, 11) is 0. The lowest BCUT2D eigenvalue weighted by Crippen LogP contribution is -2.29. The van der Waals surface area contributed by atoms with Crippen LogP contribution in [0.25, 0.3) is 0 Å². The molecule has 2 saturated carbocycles. The number of hydrogen-bond acceptors (Lipinski definition) is 3. The van der Waals surface area contributed by atoms with E-state index in [0.29, 0.717) is 0 Å². The Kier molecular flexibility index (Phi) is 6.42. The predicted molar refractivity (Wildman–Crippen MR) is 104 cm³/mol. The Hall–Kier alpha value is -2.17. The summed E-state index contributed by atoms with van der Waals surface area (Å²) in [5.41, 5.74) is 5.14. The molecule has 0 aromatic heterocycles. The maximum absolute atomic E-state index is 12.3. The minimum absolute atomic E-state index is 0.0229. The van der Waals surface area contributed by atoms with Gasteiger partial charge in [0.1, 0.15) is 0 Å². The summed E-state index contributed by atoms with van der Waals surface area (Å²) in [4.78, 5) is 24.5. The predicted octanol–water partition coefficient (Wildman–Crippen LogP) is 4.24. The van der Waals surface area contributed by atoms with Crippen molar-refractivity contribution in [2.75, 3.05) is 5.32 Å². The summed E-state index contributed by atoms with van der Waals surface area (Å²) in [6.07, 6.45) is 9.66. The lowest BCUT2D eigenvalue weighted by Gasteiger charge is -2.19. The third-order valence-electron chi connectivity index (χ3n) is 5.58. The van der Waals surface area contributed by atoms with Crippen LogP contribution in [0.15, 0.2) is 29.4 Å². The molecule has 0 heterocycles. The van der Waals surface area contributed by atoms with Crippen molar-refractivity contribution in [3.8, 4) is 0 Å². The van der Waals surface area contributed by atoms with E-state index in [9.17, 15) is 9.59 Å². The number of carbonyl (C=O) groups excluding carboxylic acids is 2. The lowest BCUT2D eigenvalue weighted by molar-refractivity contribution is -0.126. The molecule has 2 aliphatic rings. The second-order valence-electron chi connectivity index (χ2n) is 7.56. The van der Waals surface area contributed by atoms with Crippen molar-refractivity contribution in [2.24, 2.45) is 16.9 Å². The fourth-order valence-electron chi connectivity index (χ4n) is 3.91. The molecule has 0 aliphatic heterocycles. The molecule has 2 fully saturated rings. The molecule has 26 heavy (non-hydrogen) atoms. The van der Waals surface area contributed by atoms with E-state index >= 15 is 0 Å². The fraction of sp³-hybridized carbons (Fsp3) is 0.571. The number of nitrogens with zero attached hydrogens (tertiary/aromatic N) is 1. The van der Waals surface area contributed by atoms with Gasteiger partial charge in [-0.25, -0.2) is 5.43 Å². The van der Waals surface area contributed by atoms with Crippen LogP contribution >= 0.6 is 0 Å². The molecule has 1 aromatic rings. The van der Waals surface area contributed by atoms with Crippen LogP contribution in [0.4, 0.5) is 5.69 Å². The van der Waals surface area contributed by atoms with Crippen LogP contribution in [0, 0.1) is 11.8 Å². The molecule has 5 heteroatoms. The zero-order valence-electron chi connectivity index (χ0n) is 15.6. The number of rotatable bonds is 5. The highest BCUT2D eigenvalue weighted by Crippen LogP contribution is 2.26. The maximum atomic E-state index is 12.3. The summed E-state index contributed by atoms with van der Waals surface area (Å²) < 4.78 is 0. The van der Waals surface area contributed by atoms with E-state index in [1.807, 2.05) is 31.2 Å². The molecule has 1 aromatic carbocycles.